The Kier molecular flexibility index (Phi) is 25.6. The predicted octanol–water partition coefficient (Wildman–Crippen LogP) is 12.7. The van der Waals surface area contributed by atoms with E-state index in [1.165, 1.54) is 77.0 Å². The molecule has 0 fully saturated rings. The van der Waals surface area contributed by atoms with E-state index in [4.69, 9.17) is 14.2 Å². The number of phenols is 1. The van der Waals surface area contributed by atoms with Gasteiger partial charge in [-0.15, -0.1) is 0 Å². The molecule has 2 N–H and O–H groups in total. The smallest absolute Gasteiger partial charge is 0.504 e. The molecule has 0 spiro atoms. The minimum Gasteiger partial charge on any atom is -0.504 e. The van der Waals surface area contributed by atoms with Crippen LogP contribution < -0.4 is 14.2 Å². The van der Waals surface area contributed by atoms with Crippen molar-refractivity contribution >= 4 is 6.16 Å². The van der Waals surface area contributed by atoms with Crippen LogP contribution >= 0.6 is 0 Å². The lowest BCUT2D eigenvalue weighted by molar-refractivity contribution is 0.139. The summed E-state index contributed by atoms with van der Waals surface area (Å²) in [5, 5.41) is 21.3. The van der Waals surface area contributed by atoms with E-state index in [1.807, 2.05) is 0 Å². The number of unbranched alkanes of at least 4 members (excludes halogenated alkanes) is 20. The average molecular weight is 635 g/mol. The Balaban J connectivity index is 3.31. The van der Waals surface area contributed by atoms with E-state index in [1.54, 1.807) is 0 Å². The molecule has 0 saturated carbocycles. The van der Waals surface area contributed by atoms with Crippen LogP contribution in [0.25, 0.3) is 0 Å². The Morgan fingerprint density at radius 1 is 0.467 bits per heavy atom. The zero-order valence-corrected chi connectivity index (χ0v) is 29.8. The van der Waals surface area contributed by atoms with Crippen molar-refractivity contribution in [2.75, 3.05) is 13.2 Å². The minimum atomic E-state index is -1.45. The largest absolute Gasteiger partial charge is 0.511 e. The lowest BCUT2D eigenvalue weighted by atomic mass is 9.93. The van der Waals surface area contributed by atoms with E-state index in [2.05, 4.69) is 27.7 Å². The van der Waals surface area contributed by atoms with Gasteiger partial charge >= 0.3 is 6.16 Å². The standard InChI is InChI=1S/C39H70O6/c1-5-9-13-17-19-21-23-25-29-33-34(30-26-24-22-20-18-14-10-6-2)36(43-31-27-15-11-7-3)38(44-32-28-16-12-8-4)37(35(33)40)45-39(41)42/h40H,5-32H2,1-4H3,(H,41,42). The summed E-state index contributed by atoms with van der Waals surface area (Å²) in [5.74, 6) is 0.664. The van der Waals surface area contributed by atoms with Gasteiger partial charge in [-0.05, 0) is 38.5 Å². The van der Waals surface area contributed by atoms with E-state index < -0.39 is 6.16 Å². The van der Waals surface area contributed by atoms with Gasteiger partial charge < -0.3 is 24.4 Å². The third kappa shape index (κ3) is 18.6. The summed E-state index contributed by atoms with van der Waals surface area (Å²) >= 11 is 0. The van der Waals surface area contributed by atoms with Gasteiger partial charge in [-0.25, -0.2) is 4.79 Å². The molecule has 0 atom stereocenters. The van der Waals surface area contributed by atoms with Crippen LogP contribution in [0.4, 0.5) is 4.79 Å². The van der Waals surface area contributed by atoms with Crippen LogP contribution in [0.15, 0.2) is 0 Å². The summed E-state index contributed by atoms with van der Waals surface area (Å²) in [7, 11) is 0. The first-order valence-electron chi connectivity index (χ1n) is 19.1. The van der Waals surface area contributed by atoms with Gasteiger partial charge in [0.1, 0.15) is 0 Å². The van der Waals surface area contributed by atoms with E-state index in [0.29, 0.717) is 25.4 Å². The monoisotopic (exact) mass is 635 g/mol. The highest BCUT2D eigenvalue weighted by atomic mass is 16.7. The third-order valence-corrected chi connectivity index (χ3v) is 8.79. The van der Waals surface area contributed by atoms with Crippen molar-refractivity contribution in [1.29, 1.82) is 0 Å². The van der Waals surface area contributed by atoms with Crippen LogP contribution in [0, 0.1) is 0 Å². The summed E-state index contributed by atoms with van der Waals surface area (Å²) in [6.45, 7) is 9.82. The van der Waals surface area contributed by atoms with Crippen molar-refractivity contribution in [3.63, 3.8) is 0 Å². The second-order valence-corrected chi connectivity index (χ2v) is 12.9. The Bertz CT molecular complexity index is 868. The van der Waals surface area contributed by atoms with Gasteiger partial charge in [0.05, 0.1) is 13.2 Å². The molecule has 0 unspecified atom stereocenters. The highest BCUT2D eigenvalue weighted by Crippen LogP contribution is 2.51. The predicted molar refractivity (Wildman–Crippen MR) is 189 cm³/mol. The molecule has 0 heterocycles. The molecular formula is C39H70O6. The number of ether oxygens (including phenoxy) is 3. The minimum absolute atomic E-state index is 0.0863. The first kappa shape index (κ1) is 40.9. The summed E-state index contributed by atoms with van der Waals surface area (Å²) in [5.41, 5.74) is 1.76. The maximum absolute atomic E-state index is 11.8. The zero-order chi connectivity index (χ0) is 33.0. The van der Waals surface area contributed by atoms with Gasteiger partial charge in [0.25, 0.3) is 0 Å². The van der Waals surface area contributed by atoms with Crippen LogP contribution in [0.1, 0.15) is 193 Å². The van der Waals surface area contributed by atoms with E-state index in [-0.39, 0.29) is 17.2 Å². The fourth-order valence-corrected chi connectivity index (χ4v) is 6.04. The van der Waals surface area contributed by atoms with Crippen molar-refractivity contribution in [2.45, 2.75) is 195 Å². The number of benzene rings is 1. The molecule has 1 aromatic rings. The molecular weight excluding hydrogens is 564 g/mol. The summed E-state index contributed by atoms with van der Waals surface area (Å²) < 4.78 is 18.0. The Labute approximate surface area is 277 Å². The van der Waals surface area contributed by atoms with Crippen LogP contribution in [-0.4, -0.2) is 29.6 Å². The van der Waals surface area contributed by atoms with Crippen LogP contribution in [0.5, 0.6) is 23.0 Å². The zero-order valence-electron chi connectivity index (χ0n) is 29.8. The highest BCUT2D eigenvalue weighted by Gasteiger charge is 2.29. The van der Waals surface area contributed by atoms with Crippen LogP contribution in [-0.2, 0) is 12.8 Å². The second-order valence-electron chi connectivity index (χ2n) is 12.9. The van der Waals surface area contributed by atoms with E-state index >= 15 is 0 Å². The molecule has 262 valence electrons. The van der Waals surface area contributed by atoms with Crippen molar-refractivity contribution in [2.24, 2.45) is 0 Å². The normalized spacial score (nSPS) is 11.2. The average Bonchev–Trinajstić information content (AvgIpc) is 3.02. The third-order valence-electron chi connectivity index (χ3n) is 8.79. The first-order valence-corrected chi connectivity index (χ1v) is 19.1. The molecule has 0 bridgehead atoms. The number of hydrogen-bond acceptors (Lipinski definition) is 5. The SMILES string of the molecule is CCCCCCCCCCc1c(O)c(OC(=O)O)c(OCCCCCC)c(OCCCCCC)c1CCCCCCCCCC. The molecule has 0 aromatic heterocycles. The second kappa shape index (κ2) is 28.1. The topological polar surface area (TPSA) is 85.2 Å². The molecule has 0 radical (unpaired) electrons. The van der Waals surface area contributed by atoms with Gasteiger partial charge in [-0.1, -0.05) is 156 Å². The quantitative estimate of drug-likeness (QED) is 0.0480. The van der Waals surface area contributed by atoms with Crippen molar-refractivity contribution in [3.8, 4) is 23.0 Å². The molecule has 0 saturated heterocycles. The number of carboxylic acid groups (broad SMARTS) is 1. The van der Waals surface area contributed by atoms with Gasteiger partial charge in [0, 0.05) is 11.1 Å². The molecule has 6 heteroatoms. The molecule has 0 amide bonds. The maximum Gasteiger partial charge on any atom is 0.511 e. The van der Waals surface area contributed by atoms with E-state index in [0.717, 1.165) is 94.6 Å². The molecule has 6 nitrogen and oxygen atoms in total. The van der Waals surface area contributed by atoms with Crippen LogP contribution in [0.2, 0.25) is 0 Å². The van der Waals surface area contributed by atoms with Gasteiger partial charge in [-0.2, -0.15) is 0 Å². The Morgan fingerprint density at radius 2 is 0.822 bits per heavy atom. The molecule has 0 aliphatic heterocycles. The number of phenolic OH excluding ortho intramolecular Hbond substituents is 1. The van der Waals surface area contributed by atoms with Crippen molar-refractivity contribution in [1.82, 2.24) is 0 Å². The number of rotatable bonds is 31. The maximum atomic E-state index is 11.8. The molecule has 1 rings (SSSR count). The van der Waals surface area contributed by atoms with Gasteiger partial charge in [0.2, 0.25) is 11.5 Å². The Morgan fingerprint density at radius 3 is 1.24 bits per heavy atom. The number of hydrogen-bond donors (Lipinski definition) is 2. The first-order chi connectivity index (χ1) is 22.0. The van der Waals surface area contributed by atoms with E-state index in [9.17, 15) is 15.0 Å². The fraction of sp³-hybridized carbons (Fsp3) is 0.821. The Hall–Kier alpha value is -2.11. The number of aromatic hydroxyl groups is 1. The summed E-state index contributed by atoms with van der Waals surface area (Å²) in [4.78, 5) is 11.8. The van der Waals surface area contributed by atoms with Crippen LogP contribution in [0.3, 0.4) is 0 Å². The van der Waals surface area contributed by atoms with Gasteiger partial charge in [-0.3, -0.25) is 0 Å². The summed E-state index contributed by atoms with van der Waals surface area (Å²) in [6.07, 6.45) is 27.8. The van der Waals surface area contributed by atoms with Gasteiger partial charge in [0.15, 0.2) is 11.5 Å². The molecule has 0 aliphatic rings. The number of carbonyl (C=O) groups is 1. The van der Waals surface area contributed by atoms with Crippen molar-refractivity contribution < 1.29 is 29.2 Å². The fourth-order valence-electron chi connectivity index (χ4n) is 6.04. The molecule has 45 heavy (non-hydrogen) atoms. The summed E-state index contributed by atoms with van der Waals surface area (Å²) in [6, 6.07) is 0. The molecule has 0 aliphatic carbocycles. The lowest BCUT2D eigenvalue weighted by Gasteiger charge is -2.23. The lowest BCUT2D eigenvalue weighted by Crippen LogP contribution is -2.12. The highest BCUT2D eigenvalue weighted by molar-refractivity contribution is 5.72. The molecule has 1 aromatic carbocycles. The van der Waals surface area contributed by atoms with Crippen molar-refractivity contribution in [3.05, 3.63) is 11.1 Å².